The summed E-state index contributed by atoms with van der Waals surface area (Å²) >= 11 is 6.14. The van der Waals surface area contributed by atoms with E-state index in [9.17, 15) is 8.42 Å². The van der Waals surface area contributed by atoms with Gasteiger partial charge in [0.15, 0.2) is 0 Å². The van der Waals surface area contributed by atoms with Crippen molar-refractivity contribution in [1.29, 1.82) is 0 Å². The van der Waals surface area contributed by atoms with E-state index in [0.29, 0.717) is 41.6 Å². The van der Waals surface area contributed by atoms with Crippen molar-refractivity contribution in [3.05, 3.63) is 77.7 Å². The van der Waals surface area contributed by atoms with Gasteiger partial charge in [0, 0.05) is 35.1 Å². The predicted molar refractivity (Wildman–Crippen MR) is 170 cm³/mol. The summed E-state index contributed by atoms with van der Waals surface area (Å²) in [6.45, 7) is 5.36. The Morgan fingerprint density at radius 1 is 1.09 bits per heavy atom. The largest absolute Gasteiger partial charge is 0.497 e. The van der Waals surface area contributed by atoms with Crippen LogP contribution in [-0.2, 0) is 14.8 Å². The molecular weight excluding hydrogens is 607 g/mol. The standard InChI is InChI=1S/C31H30ClFN6O4S/c1-17(2)39-30-23(18-4-7-20(8-5-18)36-21-15-43-16-21)14-35-31(34)28(30)29(37-39)19-6-11-26(25(33)12-19)38-44(40,41)27-13-22(42-3)9-10-24(27)32/h4-14,17,21,36,38H,15-16H2,1-3H3,(H2,34,35). The lowest BCUT2D eigenvalue weighted by Crippen LogP contribution is -2.40. The zero-order valence-corrected chi connectivity index (χ0v) is 25.7. The number of nitrogens with one attached hydrogen (secondary N) is 2. The van der Waals surface area contributed by atoms with E-state index < -0.39 is 15.8 Å². The third-order valence-electron chi connectivity index (χ3n) is 7.36. The number of methoxy groups -OCH3 is 1. The number of hydrogen-bond acceptors (Lipinski definition) is 8. The summed E-state index contributed by atoms with van der Waals surface area (Å²) in [6.07, 6.45) is 1.71. The fourth-order valence-electron chi connectivity index (χ4n) is 5.04. The fraction of sp³-hybridized carbons (Fsp3) is 0.226. The lowest BCUT2D eigenvalue weighted by molar-refractivity contribution is 0.0211. The van der Waals surface area contributed by atoms with E-state index in [4.69, 9.17) is 31.9 Å². The van der Waals surface area contributed by atoms with Crippen molar-refractivity contribution < 1.29 is 22.3 Å². The molecule has 6 rings (SSSR count). The van der Waals surface area contributed by atoms with Gasteiger partial charge in [0.05, 0.1) is 48.0 Å². The molecule has 1 aliphatic rings. The van der Waals surface area contributed by atoms with Crippen LogP contribution in [0.5, 0.6) is 5.75 Å². The van der Waals surface area contributed by atoms with Crippen LogP contribution in [0, 0.1) is 5.82 Å². The van der Waals surface area contributed by atoms with Crippen molar-refractivity contribution in [2.75, 3.05) is 36.1 Å². The molecule has 3 heterocycles. The number of anilines is 3. The maximum Gasteiger partial charge on any atom is 0.263 e. The quantitative estimate of drug-likeness (QED) is 0.171. The minimum absolute atomic E-state index is 0.0290. The first-order valence-electron chi connectivity index (χ1n) is 13.8. The molecule has 0 aliphatic carbocycles. The highest BCUT2D eigenvalue weighted by atomic mass is 35.5. The van der Waals surface area contributed by atoms with Crippen molar-refractivity contribution in [3.8, 4) is 28.1 Å². The van der Waals surface area contributed by atoms with Crippen LogP contribution in [-0.4, -0.2) is 49.5 Å². The summed E-state index contributed by atoms with van der Waals surface area (Å²) in [5, 5.41) is 8.81. The molecule has 0 amide bonds. The van der Waals surface area contributed by atoms with Gasteiger partial charge in [0.2, 0.25) is 0 Å². The Balaban J connectivity index is 1.38. The number of nitrogens with two attached hydrogens (primary N) is 1. The third-order valence-corrected chi connectivity index (χ3v) is 9.21. The van der Waals surface area contributed by atoms with Crippen molar-refractivity contribution in [2.45, 2.75) is 30.8 Å². The van der Waals surface area contributed by atoms with Crippen LogP contribution < -0.4 is 20.5 Å². The molecule has 0 atom stereocenters. The number of ether oxygens (including phenoxy) is 2. The number of rotatable bonds is 9. The van der Waals surface area contributed by atoms with Crippen LogP contribution in [0.15, 0.2) is 71.8 Å². The van der Waals surface area contributed by atoms with E-state index in [1.807, 2.05) is 42.8 Å². The number of aromatic nitrogens is 3. The molecule has 5 aromatic rings. The van der Waals surface area contributed by atoms with Gasteiger partial charge in [-0.2, -0.15) is 5.10 Å². The molecule has 228 valence electrons. The number of halogens is 2. The highest BCUT2D eigenvalue weighted by Gasteiger charge is 2.24. The van der Waals surface area contributed by atoms with Gasteiger partial charge in [0.1, 0.15) is 28.0 Å². The van der Waals surface area contributed by atoms with E-state index in [0.717, 1.165) is 22.3 Å². The van der Waals surface area contributed by atoms with Crippen molar-refractivity contribution in [3.63, 3.8) is 0 Å². The van der Waals surface area contributed by atoms with Gasteiger partial charge in [0.25, 0.3) is 10.0 Å². The van der Waals surface area contributed by atoms with Gasteiger partial charge in [-0.15, -0.1) is 0 Å². The first-order valence-corrected chi connectivity index (χ1v) is 15.7. The molecular formula is C31H30ClFN6O4S. The summed E-state index contributed by atoms with van der Waals surface area (Å²) < 4.78 is 56.2. The first-order chi connectivity index (χ1) is 21.1. The van der Waals surface area contributed by atoms with Crippen LogP contribution in [0.3, 0.4) is 0 Å². The maximum atomic E-state index is 15.5. The average Bonchev–Trinajstić information content (AvgIpc) is 3.39. The van der Waals surface area contributed by atoms with Crippen molar-refractivity contribution in [2.24, 2.45) is 0 Å². The van der Waals surface area contributed by atoms with Gasteiger partial charge in [-0.3, -0.25) is 9.40 Å². The average molecular weight is 637 g/mol. The molecule has 1 aliphatic heterocycles. The Bertz CT molecular complexity index is 1980. The smallest absolute Gasteiger partial charge is 0.263 e. The molecule has 3 aromatic carbocycles. The van der Waals surface area contributed by atoms with E-state index in [-0.39, 0.29) is 27.5 Å². The molecule has 13 heteroatoms. The molecule has 0 bridgehead atoms. The van der Waals surface area contributed by atoms with Gasteiger partial charge < -0.3 is 20.5 Å². The van der Waals surface area contributed by atoms with Gasteiger partial charge in [-0.1, -0.05) is 29.8 Å². The minimum atomic E-state index is -4.23. The molecule has 0 saturated carbocycles. The van der Waals surface area contributed by atoms with Gasteiger partial charge in [-0.05, 0) is 55.8 Å². The number of pyridine rings is 1. The third kappa shape index (κ3) is 5.51. The molecule has 2 aromatic heterocycles. The lowest BCUT2D eigenvalue weighted by atomic mass is 10.0. The second-order valence-corrected chi connectivity index (χ2v) is 12.8. The SMILES string of the molecule is COc1ccc(Cl)c(S(=O)(=O)Nc2ccc(-c3nn(C(C)C)c4c(-c5ccc(NC6COC6)cc5)cnc(N)c34)cc2F)c1. The Labute approximate surface area is 259 Å². The van der Waals surface area contributed by atoms with Crippen molar-refractivity contribution >= 4 is 49.7 Å². The molecule has 0 spiro atoms. The molecule has 10 nitrogen and oxygen atoms in total. The molecule has 0 radical (unpaired) electrons. The zero-order valence-electron chi connectivity index (χ0n) is 24.1. The molecule has 0 unspecified atom stereocenters. The number of benzene rings is 3. The monoisotopic (exact) mass is 636 g/mol. The minimum Gasteiger partial charge on any atom is -0.497 e. The fourth-order valence-corrected chi connectivity index (χ4v) is 6.63. The Hall–Kier alpha value is -4.39. The van der Waals surface area contributed by atoms with E-state index in [2.05, 4.69) is 15.0 Å². The van der Waals surface area contributed by atoms with E-state index in [1.54, 1.807) is 12.3 Å². The number of sulfonamides is 1. The predicted octanol–water partition coefficient (Wildman–Crippen LogP) is 6.34. The molecule has 4 N–H and O–H groups in total. The maximum absolute atomic E-state index is 15.5. The lowest BCUT2D eigenvalue weighted by Gasteiger charge is -2.27. The summed E-state index contributed by atoms with van der Waals surface area (Å²) in [7, 11) is -2.83. The summed E-state index contributed by atoms with van der Waals surface area (Å²) in [5.41, 5.74) is 10.5. The Kier molecular flexibility index (Phi) is 7.82. The van der Waals surface area contributed by atoms with Crippen LogP contribution in [0.25, 0.3) is 33.3 Å². The Morgan fingerprint density at radius 3 is 2.45 bits per heavy atom. The second-order valence-electron chi connectivity index (χ2n) is 10.7. The number of fused-ring (bicyclic) bond motifs is 1. The second kappa shape index (κ2) is 11.6. The number of nitrogens with zero attached hydrogens (tertiary/aromatic N) is 3. The summed E-state index contributed by atoms with van der Waals surface area (Å²) in [5.74, 6) is -0.271. The topological polar surface area (TPSA) is 133 Å². The van der Waals surface area contributed by atoms with E-state index >= 15 is 4.39 Å². The highest BCUT2D eigenvalue weighted by Crippen LogP contribution is 2.39. The highest BCUT2D eigenvalue weighted by molar-refractivity contribution is 7.92. The molecule has 1 fully saturated rings. The van der Waals surface area contributed by atoms with Crippen LogP contribution in [0.4, 0.5) is 21.6 Å². The van der Waals surface area contributed by atoms with Gasteiger partial charge in [-0.25, -0.2) is 17.8 Å². The molecule has 1 saturated heterocycles. The number of hydrogen-bond donors (Lipinski definition) is 3. The van der Waals surface area contributed by atoms with E-state index in [1.165, 1.54) is 37.4 Å². The molecule has 44 heavy (non-hydrogen) atoms. The normalized spacial score (nSPS) is 13.7. The van der Waals surface area contributed by atoms with Crippen LogP contribution in [0.1, 0.15) is 19.9 Å². The first kappa shape index (κ1) is 29.7. The van der Waals surface area contributed by atoms with Crippen LogP contribution >= 0.6 is 11.6 Å². The van der Waals surface area contributed by atoms with Gasteiger partial charge >= 0.3 is 0 Å². The zero-order chi connectivity index (χ0) is 31.2. The van der Waals surface area contributed by atoms with Crippen molar-refractivity contribution in [1.82, 2.24) is 14.8 Å². The summed E-state index contributed by atoms with van der Waals surface area (Å²) in [6, 6.07) is 16.6. The summed E-state index contributed by atoms with van der Waals surface area (Å²) in [4.78, 5) is 4.22. The Morgan fingerprint density at radius 2 is 1.82 bits per heavy atom. The number of nitrogen functional groups attached to an aromatic ring is 1. The van der Waals surface area contributed by atoms with Crippen LogP contribution in [0.2, 0.25) is 5.02 Å².